The van der Waals surface area contributed by atoms with Gasteiger partial charge in [-0.2, -0.15) is 0 Å². The van der Waals surface area contributed by atoms with Crippen molar-refractivity contribution in [3.05, 3.63) is 64.7 Å². The van der Waals surface area contributed by atoms with Gasteiger partial charge in [0.25, 0.3) is 6.02 Å². The summed E-state index contributed by atoms with van der Waals surface area (Å²) in [6, 6.07) is 9.15. The van der Waals surface area contributed by atoms with E-state index in [9.17, 15) is 18.4 Å². The number of hydrogen-bond acceptors (Lipinski definition) is 6. The van der Waals surface area contributed by atoms with Crippen molar-refractivity contribution < 1.29 is 23.1 Å². The number of amidine groups is 1. The molecular formula is C23H23F2N5O3. The number of imide groups is 1. The first-order chi connectivity index (χ1) is 15.7. The zero-order valence-electron chi connectivity index (χ0n) is 17.9. The molecule has 10 heteroatoms. The molecule has 2 aliphatic rings. The van der Waals surface area contributed by atoms with Crippen LogP contribution in [0.15, 0.2) is 41.4 Å². The number of halogens is 2. The largest absolute Gasteiger partial charge is 0.407 e. The Hall–Kier alpha value is -3.82. The van der Waals surface area contributed by atoms with E-state index < -0.39 is 29.4 Å². The lowest BCUT2D eigenvalue weighted by molar-refractivity contribution is -0.134. The van der Waals surface area contributed by atoms with Crippen LogP contribution in [0.2, 0.25) is 0 Å². The Kier molecular flexibility index (Phi) is 6.08. The fourth-order valence-electron chi connectivity index (χ4n) is 3.88. The van der Waals surface area contributed by atoms with Crippen molar-refractivity contribution in [2.45, 2.75) is 31.7 Å². The lowest BCUT2D eigenvalue weighted by Gasteiger charge is -2.39. The highest BCUT2D eigenvalue weighted by Crippen LogP contribution is 2.33. The van der Waals surface area contributed by atoms with Gasteiger partial charge in [-0.25, -0.2) is 13.8 Å². The first-order valence-corrected chi connectivity index (χ1v) is 10.5. The highest BCUT2D eigenvalue weighted by Gasteiger charge is 2.34. The second kappa shape index (κ2) is 8.97. The molecule has 2 aromatic rings. The molecule has 172 valence electrons. The molecule has 2 aromatic carbocycles. The fourth-order valence-corrected chi connectivity index (χ4v) is 3.88. The summed E-state index contributed by atoms with van der Waals surface area (Å²) in [5.41, 5.74) is 7.41. The number of piperidine rings is 1. The molecule has 2 aliphatic heterocycles. The van der Waals surface area contributed by atoms with Gasteiger partial charge in [0.15, 0.2) is 0 Å². The summed E-state index contributed by atoms with van der Waals surface area (Å²) in [5, 5.41) is 10.1. The molecule has 0 radical (unpaired) electrons. The molecule has 0 aliphatic carbocycles. The normalized spacial score (nSPS) is 19.2. The van der Waals surface area contributed by atoms with Gasteiger partial charge in [0.1, 0.15) is 11.6 Å². The predicted molar refractivity (Wildman–Crippen MR) is 118 cm³/mol. The number of benzene rings is 2. The number of carbonyl (C=O) groups is 2. The van der Waals surface area contributed by atoms with Gasteiger partial charge in [-0.1, -0.05) is 17.7 Å². The van der Waals surface area contributed by atoms with Crippen molar-refractivity contribution in [3.63, 3.8) is 0 Å². The number of ether oxygens (including phenoxy) is 1. The van der Waals surface area contributed by atoms with Crippen LogP contribution in [0.3, 0.4) is 0 Å². The standard InChI is InChI=1S/C23H23F2N5O3/c1-12-2-4-13(5-3-12)21(26)33-23(27)28-14-10-30(11-14)15-8-17(24)20(18(25)9-15)16-6-7-19(31)29-22(16)32/h2-5,8-9,14,16,26H,6-7,10-11H2,1H3,(H2,27,28)(H,29,31,32). The maximum atomic E-state index is 14.7. The number of aliphatic imine (C=N–C) groups is 1. The molecule has 0 aromatic heterocycles. The third-order valence-corrected chi connectivity index (χ3v) is 5.71. The molecule has 2 amide bonds. The van der Waals surface area contributed by atoms with Crippen molar-refractivity contribution in [2.24, 2.45) is 10.7 Å². The minimum absolute atomic E-state index is 0.0354. The van der Waals surface area contributed by atoms with E-state index in [1.54, 1.807) is 17.0 Å². The van der Waals surface area contributed by atoms with Crippen molar-refractivity contribution in [1.29, 1.82) is 5.41 Å². The summed E-state index contributed by atoms with van der Waals surface area (Å²) < 4.78 is 34.7. The number of carbonyl (C=O) groups excluding carboxylic acids is 2. The van der Waals surface area contributed by atoms with E-state index in [1.807, 2.05) is 19.1 Å². The van der Waals surface area contributed by atoms with Gasteiger partial charge in [0, 0.05) is 36.3 Å². The fraction of sp³-hybridized carbons (Fsp3) is 0.304. The first kappa shape index (κ1) is 22.4. The lowest BCUT2D eigenvalue weighted by atomic mass is 9.89. The molecular weight excluding hydrogens is 432 g/mol. The summed E-state index contributed by atoms with van der Waals surface area (Å²) in [6.07, 6.45) is 0.100. The molecule has 1 atom stereocenters. The van der Waals surface area contributed by atoms with Gasteiger partial charge in [0.2, 0.25) is 17.7 Å². The van der Waals surface area contributed by atoms with Gasteiger partial charge in [-0.3, -0.25) is 20.3 Å². The van der Waals surface area contributed by atoms with E-state index in [0.717, 1.165) is 5.56 Å². The van der Waals surface area contributed by atoms with E-state index in [1.165, 1.54) is 12.1 Å². The Morgan fingerprint density at radius 2 is 1.82 bits per heavy atom. The molecule has 2 saturated heterocycles. The maximum absolute atomic E-state index is 14.7. The van der Waals surface area contributed by atoms with Gasteiger partial charge in [-0.15, -0.1) is 0 Å². The van der Waals surface area contributed by atoms with Crippen LogP contribution in [0.1, 0.15) is 35.4 Å². The Balaban J connectivity index is 1.37. The third kappa shape index (κ3) is 4.84. The van der Waals surface area contributed by atoms with Crippen molar-refractivity contribution in [3.8, 4) is 0 Å². The topological polar surface area (TPSA) is 121 Å². The quantitative estimate of drug-likeness (QED) is 0.371. The van der Waals surface area contributed by atoms with E-state index in [0.29, 0.717) is 24.3 Å². The third-order valence-electron chi connectivity index (χ3n) is 5.71. The second-order valence-corrected chi connectivity index (χ2v) is 8.15. The van der Waals surface area contributed by atoms with E-state index in [-0.39, 0.29) is 36.4 Å². The average molecular weight is 455 g/mol. The molecule has 33 heavy (non-hydrogen) atoms. The zero-order valence-corrected chi connectivity index (χ0v) is 17.9. The summed E-state index contributed by atoms with van der Waals surface area (Å²) in [4.78, 5) is 29.2. The van der Waals surface area contributed by atoms with Crippen molar-refractivity contribution in [2.75, 3.05) is 18.0 Å². The SMILES string of the molecule is Cc1ccc(C(=N)OC(N)=NC2CN(c3cc(F)c(C4CCC(=O)NC4=O)c(F)c3)C2)cc1. The molecule has 0 spiro atoms. The van der Waals surface area contributed by atoms with Crippen LogP contribution in [0, 0.1) is 24.0 Å². The first-order valence-electron chi connectivity index (χ1n) is 10.5. The Bertz CT molecular complexity index is 1120. The molecule has 4 N–H and O–H groups in total. The Morgan fingerprint density at radius 1 is 1.18 bits per heavy atom. The minimum atomic E-state index is -1.04. The van der Waals surface area contributed by atoms with Gasteiger partial charge in [0.05, 0.1) is 12.0 Å². The number of anilines is 1. The van der Waals surface area contributed by atoms with Gasteiger partial charge in [-0.05, 0) is 37.6 Å². The predicted octanol–water partition coefficient (Wildman–Crippen LogP) is 2.34. The van der Waals surface area contributed by atoms with Crippen LogP contribution >= 0.6 is 0 Å². The average Bonchev–Trinajstić information content (AvgIpc) is 2.71. The minimum Gasteiger partial charge on any atom is -0.407 e. The van der Waals surface area contributed by atoms with Gasteiger partial charge >= 0.3 is 0 Å². The highest BCUT2D eigenvalue weighted by atomic mass is 19.1. The monoisotopic (exact) mass is 455 g/mol. The number of nitrogens with one attached hydrogen (secondary N) is 2. The molecule has 2 heterocycles. The van der Waals surface area contributed by atoms with Crippen LogP contribution in [-0.2, 0) is 14.3 Å². The molecule has 2 fully saturated rings. The van der Waals surface area contributed by atoms with Gasteiger partial charge < -0.3 is 15.4 Å². The maximum Gasteiger partial charge on any atom is 0.289 e. The smallest absolute Gasteiger partial charge is 0.289 e. The Labute approximate surface area is 188 Å². The van der Waals surface area contributed by atoms with E-state index in [4.69, 9.17) is 15.9 Å². The number of nitrogens with zero attached hydrogens (tertiary/aromatic N) is 2. The number of nitrogens with two attached hydrogens (primary N) is 1. The number of rotatable bonds is 4. The van der Waals surface area contributed by atoms with Crippen LogP contribution in [0.5, 0.6) is 0 Å². The molecule has 4 rings (SSSR count). The molecule has 0 bridgehead atoms. The molecule has 0 saturated carbocycles. The zero-order chi connectivity index (χ0) is 23.7. The molecule has 1 unspecified atom stereocenters. The Morgan fingerprint density at radius 3 is 2.42 bits per heavy atom. The second-order valence-electron chi connectivity index (χ2n) is 8.15. The lowest BCUT2D eigenvalue weighted by Crippen LogP contribution is -2.51. The number of amides is 2. The van der Waals surface area contributed by atoms with Crippen molar-refractivity contribution in [1.82, 2.24) is 5.32 Å². The highest BCUT2D eigenvalue weighted by molar-refractivity contribution is 6.01. The van der Waals surface area contributed by atoms with Crippen LogP contribution in [-0.4, -0.2) is 42.9 Å². The van der Waals surface area contributed by atoms with Crippen LogP contribution in [0.4, 0.5) is 14.5 Å². The summed E-state index contributed by atoms with van der Waals surface area (Å²) in [6.45, 7) is 2.66. The summed E-state index contributed by atoms with van der Waals surface area (Å²) in [7, 11) is 0. The molecule has 8 nitrogen and oxygen atoms in total. The van der Waals surface area contributed by atoms with E-state index >= 15 is 0 Å². The van der Waals surface area contributed by atoms with Crippen molar-refractivity contribution >= 4 is 29.4 Å². The van der Waals surface area contributed by atoms with Crippen LogP contribution < -0.4 is 16.0 Å². The van der Waals surface area contributed by atoms with E-state index in [2.05, 4.69) is 10.3 Å². The van der Waals surface area contributed by atoms with Crippen LogP contribution in [0.25, 0.3) is 0 Å². The summed E-state index contributed by atoms with van der Waals surface area (Å²) >= 11 is 0. The number of hydrogen-bond donors (Lipinski definition) is 3. The number of aryl methyl sites for hydroxylation is 1. The summed E-state index contributed by atoms with van der Waals surface area (Å²) in [5.74, 6) is -3.96.